The van der Waals surface area contributed by atoms with E-state index in [1.165, 1.54) is 13.2 Å². The maximum Gasteiger partial charge on any atom is 0.336 e. The molecular weight excluding hydrogens is 378 g/mol. The monoisotopic (exact) mass is 399 g/mol. The van der Waals surface area contributed by atoms with E-state index in [2.05, 4.69) is 0 Å². The van der Waals surface area contributed by atoms with Crippen molar-refractivity contribution in [3.8, 4) is 5.75 Å². The second-order valence-electron chi connectivity index (χ2n) is 7.37. The molecule has 0 bridgehead atoms. The van der Waals surface area contributed by atoms with Crippen molar-refractivity contribution in [1.82, 2.24) is 4.90 Å². The molecule has 2 aliphatic rings. The van der Waals surface area contributed by atoms with Gasteiger partial charge in [0.15, 0.2) is 0 Å². The molecule has 1 aromatic carbocycles. The third kappa shape index (κ3) is 3.62. The van der Waals surface area contributed by atoms with Gasteiger partial charge >= 0.3 is 11.6 Å². The molecule has 0 spiro atoms. The zero-order chi connectivity index (χ0) is 20.5. The SMILES string of the molecule is COc1ccc2c(COC(=O)CN3C(=O)C4CCCCC4C3=O)cc(=O)oc2c1. The summed E-state index contributed by atoms with van der Waals surface area (Å²) in [6.07, 6.45) is 3.23. The zero-order valence-corrected chi connectivity index (χ0v) is 16.0. The van der Waals surface area contributed by atoms with E-state index in [0.29, 0.717) is 35.1 Å². The number of esters is 1. The molecule has 2 amide bonds. The predicted molar refractivity (Wildman–Crippen MR) is 101 cm³/mol. The molecule has 2 fully saturated rings. The van der Waals surface area contributed by atoms with Gasteiger partial charge in [0.2, 0.25) is 11.8 Å². The highest BCUT2D eigenvalue weighted by molar-refractivity contribution is 6.07. The summed E-state index contributed by atoms with van der Waals surface area (Å²) in [6.45, 7) is -0.575. The van der Waals surface area contributed by atoms with Crippen LogP contribution in [0.2, 0.25) is 0 Å². The third-order valence-electron chi connectivity index (χ3n) is 5.65. The normalized spacial score (nSPS) is 21.3. The van der Waals surface area contributed by atoms with Crippen LogP contribution in [0.3, 0.4) is 0 Å². The van der Waals surface area contributed by atoms with Crippen LogP contribution in [0.15, 0.2) is 33.5 Å². The summed E-state index contributed by atoms with van der Waals surface area (Å²) in [6, 6.07) is 6.24. The summed E-state index contributed by atoms with van der Waals surface area (Å²) in [5, 5.41) is 0.609. The van der Waals surface area contributed by atoms with Crippen LogP contribution in [-0.4, -0.2) is 36.3 Å². The van der Waals surface area contributed by atoms with Gasteiger partial charge in [0.1, 0.15) is 24.5 Å². The van der Waals surface area contributed by atoms with Crippen molar-refractivity contribution >= 4 is 28.8 Å². The lowest BCUT2D eigenvalue weighted by Gasteiger charge is -2.19. The minimum atomic E-state index is -0.694. The Morgan fingerprint density at radius 2 is 1.79 bits per heavy atom. The number of hydrogen-bond donors (Lipinski definition) is 0. The first-order chi connectivity index (χ1) is 14.0. The molecule has 8 heteroatoms. The van der Waals surface area contributed by atoms with Crippen LogP contribution in [0, 0.1) is 11.8 Å². The van der Waals surface area contributed by atoms with Crippen molar-refractivity contribution in [2.45, 2.75) is 32.3 Å². The van der Waals surface area contributed by atoms with E-state index < -0.39 is 18.1 Å². The standard InChI is InChI=1S/C21H21NO7/c1-27-13-6-7-14-12(8-18(23)29-17(14)9-13)11-28-19(24)10-22-20(25)15-4-2-3-5-16(15)21(22)26/h6-9,15-16H,2-5,10-11H2,1H3. The van der Waals surface area contributed by atoms with Crippen molar-refractivity contribution < 1.29 is 28.3 Å². The van der Waals surface area contributed by atoms with Crippen molar-refractivity contribution in [2.75, 3.05) is 13.7 Å². The Bertz CT molecular complexity index is 1020. The molecule has 4 rings (SSSR count). The van der Waals surface area contributed by atoms with Crippen LogP contribution in [-0.2, 0) is 25.7 Å². The number of carbonyl (C=O) groups is 3. The molecule has 1 aliphatic heterocycles. The number of fused-ring (bicyclic) bond motifs is 2. The van der Waals surface area contributed by atoms with Gasteiger partial charge in [0, 0.05) is 23.1 Å². The first-order valence-corrected chi connectivity index (χ1v) is 9.59. The maximum absolute atomic E-state index is 12.5. The summed E-state index contributed by atoms with van der Waals surface area (Å²) < 4.78 is 15.5. The first kappa shape index (κ1) is 19.2. The van der Waals surface area contributed by atoms with Crippen LogP contribution in [0.4, 0.5) is 0 Å². The fourth-order valence-corrected chi connectivity index (χ4v) is 4.18. The van der Waals surface area contributed by atoms with Crippen LogP contribution >= 0.6 is 0 Å². The summed E-state index contributed by atoms with van der Waals surface area (Å²) >= 11 is 0. The zero-order valence-electron chi connectivity index (χ0n) is 16.0. The van der Waals surface area contributed by atoms with E-state index in [9.17, 15) is 19.2 Å². The third-order valence-corrected chi connectivity index (χ3v) is 5.65. The number of carbonyl (C=O) groups excluding carboxylic acids is 3. The number of methoxy groups -OCH3 is 1. The minimum Gasteiger partial charge on any atom is -0.497 e. The maximum atomic E-state index is 12.5. The highest BCUT2D eigenvalue weighted by Crippen LogP contribution is 2.37. The second-order valence-corrected chi connectivity index (χ2v) is 7.37. The number of likely N-dealkylation sites (tertiary alicyclic amines) is 1. The molecule has 29 heavy (non-hydrogen) atoms. The molecule has 0 N–H and O–H groups in total. The number of ether oxygens (including phenoxy) is 2. The Morgan fingerprint density at radius 1 is 1.10 bits per heavy atom. The molecule has 1 saturated carbocycles. The predicted octanol–water partition coefficient (Wildman–Crippen LogP) is 2.02. The Kier molecular flexibility index (Phi) is 5.08. The quantitative estimate of drug-likeness (QED) is 0.430. The number of amides is 2. The van der Waals surface area contributed by atoms with E-state index >= 15 is 0 Å². The molecular formula is C21H21NO7. The topological polar surface area (TPSA) is 103 Å². The van der Waals surface area contributed by atoms with Crippen molar-refractivity contribution in [2.24, 2.45) is 11.8 Å². The van der Waals surface area contributed by atoms with Gasteiger partial charge in [-0.1, -0.05) is 12.8 Å². The summed E-state index contributed by atoms with van der Waals surface area (Å²) in [7, 11) is 1.50. The number of imide groups is 1. The highest BCUT2D eigenvalue weighted by atomic mass is 16.5. The fraction of sp³-hybridized carbons (Fsp3) is 0.429. The molecule has 2 aromatic rings. The average molecular weight is 399 g/mol. The Morgan fingerprint density at radius 3 is 2.45 bits per heavy atom. The summed E-state index contributed by atoms with van der Waals surface area (Å²) in [5.74, 6) is -1.34. The van der Waals surface area contributed by atoms with Gasteiger partial charge in [-0.2, -0.15) is 0 Å². The van der Waals surface area contributed by atoms with E-state index in [0.717, 1.165) is 17.7 Å². The van der Waals surface area contributed by atoms with Gasteiger partial charge in [0.25, 0.3) is 0 Å². The number of nitrogens with zero attached hydrogens (tertiary/aromatic N) is 1. The molecule has 1 saturated heterocycles. The van der Waals surface area contributed by atoms with Crippen LogP contribution in [0.25, 0.3) is 11.0 Å². The molecule has 2 atom stereocenters. The molecule has 1 aliphatic carbocycles. The van der Waals surface area contributed by atoms with Gasteiger partial charge < -0.3 is 13.9 Å². The lowest BCUT2D eigenvalue weighted by Crippen LogP contribution is -2.36. The van der Waals surface area contributed by atoms with Gasteiger partial charge in [0.05, 0.1) is 18.9 Å². The van der Waals surface area contributed by atoms with E-state index in [1.54, 1.807) is 18.2 Å². The summed E-state index contributed by atoms with van der Waals surface area (Å²) in [5.41, 5.74) is 0.211. The molecule has 0 radical (unpaired) electrons. The van der Waals surface area contributed by atoms with Gasteiger partial charge in [-0.25, -0.2) is 4.79 Å². The Balaban J connectivity index is 1.46. The van der Waals surface area contributed by atoms with Crippen molar-refractivity contribution in [3.05, 3.63) is 40.2 Å². The van der Waals surface area contributed by atoms with E-state index in [-0.39, 0.29) is 30.3 Å². The Labute approximate surface area is 166 Å². The number of rotatable bonds is 5. The Hall–Kier alpha value is -3.16. The van der Waals surface area contributed by atoms with E-state index in [4.69, 9.17) is 13.9 Å². The van der Waals surface area contributed by atoms with Gasteiger partial charge in [-0.05, 0) is 25.0 Å². The minimum absolute atomic E-state index is 0.170. The molecule has 8 nitrogen and oxygen atoms in total. The fourth-order valence-electron chi connectivity index (χ4n) is 4.18. The van der Waals surface area contributed by atoms with Crippen LogP contribution in [0.1, 0.15) is 31.2 Å². The largest absolute Gasteiger partial charge is 0.497 e. The van der Waals surface area contributed by atoms with Crippen LogP contribution in [0.5, 0.6) is 5.75 Å². The van der Waals surface area contributed by atoms with E-state index in [1.807, 2.05) is 0 Å². The molecule has 152 valence electrons. The number of hydrogen-bond acceptors (Lipinski definition) is 7. The summed E-state index contributed by atoms with van der Waals surface area (Å²) in [4.78, 5) is 50.1. The molecule has 2 unspecified atom stereocenters. The van der Waals surface area contributed by atoms with Crippen LogP contribution < -0.4 is 10.4 Å². The van der Waals surface area contributed by atoms with Gasteiger partial charge in [-0.3, -0.25) is 19.3 Å². The molecule has 1 aromatic heterocycles. The lowest BCUT2D eigenvalue weighted by atomic mass is 9.81. The second kappa shape index (κ2) is 7.69. The molecule has 2 heterocycles. The van der Waals surface area contributed by atoms with Gasteiger partial charge in [-0.15, -0.1) is 0 Å². The number of benzene rings is 1. The lowest BCUT2D eigenvalue weighted by molar-refractivity contribution is -0.153. The van der Waals surface area contributed by atoms with Crippen molar-refractivity contribution in [3.63, 3.8) is 0 Å². The average Bonchev–Trinajstić information content (AvgIpc) is 2.96. The smallest absolute Gasteiger partial charge is 0.336 e. The highest BCUT2D eigenvalue weighted by Gasteiger charge is 2.48. The van der Waals surface area contributed by atoms with Crippen molar-refractivity contribution in [1.29, 1.82) is 0 Å². The first-order valence-electron chi connectivity index (χ1n) is 9.59.